The molecular formula is C14H28N2. The van der Waals surface area contributed by atoms with Crippen LogP contribution in [0.2, 0.25) is 0 Å². The molecule has 2 rings (SSSR count). The first-order chi connectivity index (χ1) is 7.88. The molecule has 0 aromatic rings. The van der Waals surface area contributed by atoms with Crippen molar-refractivity contribution >= 4 is 0 Å². The number of hydrogen-bond acceptors (Lipinski definition) is 2. The molecule has 2 aliphatic carbocycles. The van der Waals surface area contributed by atoms with Crippen LogP contribution in [0.4, 0.5) is 0 Å². The Morgan fingerprint density at radius 2 is 1.81 bits per heavy atom. The maximum atomic E-state index is 3.71. The second kappa shape index (κ2) is 6.61. The smallest absolute Gasteiger partial charge is 0.0107 e. The summed E-state index contributed by atoms with van der Waals surface area (Å²) in [5.41, 5.74) is 0. The molecule has 0 heterocycles. The first-order valence-corrected chi connectivity index (χ1v) is 7.34. The van der Waals surface area contributed by atoms with Gasteiger partial charge in [0.15, 0.2) is 0 Å². The van der Waals surface area contributed by atoms with Crippen LogP contribution in [0.15, 0.2) is 0 Å². The zero-order valence-electron chi connectivity index (χ0n) is 10.9. The SMILES string of the molecule is CCN(CCNC1CCCC1)CC1CCC1. The lowest BCUT2D eigenvalue weighted by molar-refractivity contribution is 0.183. The summed E-state index contributed by atoms with van der Waals surface area (Å²) in [6, 6.07) is 0.836. The van der Waals surface area contributed by atoms with Gasteiger partial charge in [-0.05, 0) is 38.1 Å². The van der Waals surface area contributed by atoms with Crippen molar-refractivity contribution in [2.75, 3.05) is 26.2 Å². The predicted octanol–water partition coefficient (Wildman–Crippen LogP) is 2.64. The molecule has 0 saturated heterocycles. The first-order valence-electron chi connectivity index (χ1n) is 7.34. The number of hydrogen-bond donors (Lipinski definition) is 1. The van der Waals surface area contributed by atoms with Gasteiger partial charge in [0.2, 0.25) is 0 Å². The topological polar surface area (TPSA) is 15.3 Å². The molecule has 0 radical (unpaired) electrons. The molecule has 2 saturated carbocycles. The van der Waals surface area contributed by atoms with Crippen LogP contribution in [-0.4, -0.2) is 37.1 Å². The van der Waals surface area contributed by atoms with Crippen molar-refractivity contribution in [2.24, 2.45) is 5.92 Å². The van der Waals surface area contributed by atoms with Crippen LogP contribution >= 0.6 is 0 Å². The summed E-state index contributed by atoms with van der Waals surface area (Å²) in [6.45, 7) is 7.33. The third-order valence-electron chi connectivity index (χ3n) is 4.40. The molecule has 0 spiro atoms. The summed E-state index contributed by atoms with van der Waals surface area (Å²) < 4.78 is 0. The van der Waals surface area contributed by atoms with Crippen molar-refractivity contribution in [3.05, 3.63) is 0 Å². The molecule has 2 heteroatoms. The highest BCUT2D eigenvalue weighted by atomic mass is 15.1. The van der Waals surface area contributed by atoms with E-state index in [-0.39, 0.29) is 0 Å². The van der Waals surface area contributed by atoms with Gasteiger partial charge in [-0.1, -0.05) is 26.2 Å². The molecule has 2 fully saturated rings. The van der Waals surface area contributed by atoms with Crippen molar-refractivity contribution in [2.45, 2.75) is 57.9 Å². The van der Waals surface area contributed by atoms with Gasteiger partial charge in [0.05, 0.1) is 0 Å². The fourth-order valence-electron chi connectivity index (χ4n) is 2.98. The highest BCUT2D eigenvalue weighted by Gasteiger charge is 2.20. The summed E-state index contributed by atoms with van der Waals surface area (Å²) in [4.78, 5) is 2.63. The maximum Gasteiger partial charge on any atom is 0.0107 e. The monoisotopic (exact) mass is 224 g/mol. The standard InChI is InChI=1S/C14H28N2/c1-2-16(12-13-6-5-7-13)11-10-15-14-8-3-4-9-14/h13-15H,2-12H2,1H3. The number of likely N-dealkylation sites (N-methyl/N-ethyl adjacent to an activating group) is 1. The van der Waals surface area contributed by atoms with E-state index in [1.165, 1.54) is 71.1 Å². The predicted molar refractivity (Wildman–Crippen MR) is 69.7 cm³/mol. The minimum absolute atomic E-state index is 0.836. The van der Waals surface area contributed by atoms with Crippen molar-refractivity contribution in [1.29, 1.82) is 0 Å². The van der Waals surface area contributed by atoms with Crippen molar-refractivity contribution in [1.82, 2.24) is 10.2 Å². The zero-order chi connectivity index (χ0) is 11.2. The normalized spacial score (nSPS) is 22.9. The second-order valence-electron chi connectivity index (χ2n) is 5.63. The average molecular weight is 224 g/mol. The van der Waals surface area contributed by atoms with Gasteiger partial charge in [-0.2, -0.15) is 0 Å². The molecule has 16 heavy (non-hydrogen) atoms. The molecule has 0 aromatic heterocycles. The van der Waals surface area contributed by atoms with E-state index >= 15 is 0 Å². The summed E-state index contributed by atoms with van der Waals surface area (Å²) in [5.74, 6) is 1.02. The quantitative estimate of drug-likeness (QED) is 0.715. The van der Waals surface area contributed by atoms with Crippen LogP contribution in [-0.2, 0) is 0 Å². The second-order valence-corrected chi connectivity index (χ2v) is 5.63. The van der Waals surface area contributed by atoms with Gasteiger partial charge in [0.25, 0.3) is 0 Å². The molecule has 0 aromatic carbocycles. The summed E-state index contributed by atoms with van der Waals surface area (Å²) in [6.07, 6.45) is 10.1. The Bertz CT molecular complexity index is 183. The molecule has 1 N–H and O–H groups in total. The van der Waals surface area contributed by atoms with Gasteiger partial charge >= 0.3 is 0 Å². The van der Waals surface area contributed by atoms with Crippen LogP contribution < -0.4 is 5.32 Å². The fourth-order valence-corrected chi connectivity index (χ4v) is 2.98. The Morgan fingerprint density at radius 1 is 1.06 bits per heavy atom. The van der Waals surface area contributed by atoms with E-state index < -0.39 is 0 Å². The molecule has 2 nitrogen and oxygen atoms in total. The molecule has 0 atom stereocenters. The van der Waals surface area contributed by atoms with E-state index in [1.54, 1.807) is 0 Å². The average Bonchev–Trinajstić information content (AvgIpc) is 2.73. The van der Waals surface area contributed by atoms with Gasteiger partial charge in [0.1, 0.15) is 0 Å². The molecular weight excluding hydrogens is 196 g/mol. The number of rotatable bonds is 7. The van der Waals surface area contributed by atoms with Gasteiger partial charge in [-0.3, -0.25) is 0 Å². The Morgan fingerprint density at radius 3 is 2.38 bits per heavy atom. The minimum atomic E-state index is 0.836. The van der Waals surface area contributed by atoms with E-state index in [0.29, 0.717) is 0 Å². The highest BCUT2D eigenvalue weighted by Crippen LogP contribution is 2.26. The van der Waals surface area contributed by atoms with E-state index in [4.69, 9.17) is 0 Å². The van der Waals surface area contributed by atoms with Crippen molar-refractivity contribution < 1.29 is 0 Å². The van der Waals surface area contributed by atoms with Gasteiger partial charge < -0.3 is 10.2 Å². The summed E-state index contributed by atoms with van der Waals surface area (Å²) in [7, 11) is 0. The van der Waals surface area contributed by atoms with Crippen LogP contribution in [0.25, 0.3) is 0 Å². The Balaban J connectivity index is 1.54. The van der Waals surface area contributed by atoms with Crippen LogP contribution in [0.3, 0.4) is 0 Å². The molecule has 0 aliphatic heterocycles. The number of nitrogens with zero attached hydrogens (tertiary/aromatic N) is 1. The van der Waals surface area contributed by atoms with Crippen LogP contribution in [0.5, 0.6) is 0 Å². The molecule has 2 aliphatic rings. The molecule has 0 amide bonds. The van der Waals surface area contributed by atoms with E-state index in [2.05, 4.69) is 17.1 Å². The van der Waals surface area contributed by atoms with Gasteiger partial charge in [-0.15, -0.1) is 0 Å². The molecule has 0 bridgehead atoms. The first kappa shape index (κ1) is 12.4. The molecule has 94 valence electrons. The van der Waals surface area contributed by atoms with E-state index in [9.17, 15) is 0 Å². The highest BCUT2D eigenvalue weighted by molar-refractivity contribution is 4.76. The minimum Gasteiger partial charge on any atom is -0.313 e. The Kier molecular flexibility index (Phi) is 5.11. The third kappa shape index (κ3) is 3.74. The van der Waals surface area contributed by atoms with Crippen LogP contribution in [0, 0.1) is 5.92 Å². The Hall–Kier alpha value is -0.0800. The fraction of sp³-hybridized carbons (Fsp3) is 1.00. The lowest BCUT2D eigenvalue weighted by Gasteiger charge is -2.32. The maximum absolute atomic E-state index is 3.71. The summed E-state index contributed by atoms with van der Waals surface area (Å²) >= 11 is 0. The number of nitrogens with one attached hydrogen (secondary N) is 1. The van der Waals surface area contributed by atoms with Gasteiger partial charge in [-0.25, -0.2) is 0 Å². The van der Waals surface area contributed by atoms with Gasteiger partial charge in [0, 0.05) is 25.7 Å². The van der Waals surface area contributed by atoms with Crippen molar-refractivity contribution in [3.63, 3.8) is 0 Å². The Labute approximate surface area is 101 Å². The van der Waals surface area contributed by atoms with E-state index in [1.807, 2.05) is 0 Å². The molecule has 0 unspecified atom stereocenters. The van der Waals surface area contributed by atoms with Crippen molar-refractivity contribution in [3.8, 4) is 0 Å². The largest absolute Gasteiger partial charge is 0.313 e. The lowest BCUT2D eigenvalue weighted by atomic mass is 9.85. The third-order valence-corrected chi connectivity index (χ3v) is 4.40. The zero-order valence-corrected chi connectivity index (χ0v) is 10.9. The lowest BCUT2D eigenvalue weighted by Crippen LogP contribution is -2.39. The van der Waals surface area contributed by atoms with Crippen LogP contribution in [0.1, 0.15) is 51.9 Å². The summed E-state index contributed by atoms with van der Waals surface area (Å²) in [5, 5.41) is 3.71. The van der Waals surface area contributed by atoms with E-state index in [0.717, 1.165) is 12.0 Å².